The normalized spacial score (nSPS) is 20.5. The lowest BCUT2D eigenvalue weighted by atomic mass is 9.89. The van der Waals surface area contributed by atoms with Crippen LogP contribution < -0.4 is 51.4 Å². The predicted octanol–water partition coefficient (Wildman–Crippen LogP) is 7.85. The Kier molecular flexibility index (Phi) is 18.3. The SMILES string of the molecule is CC(C)(C)OC(=O)N[C@@H]1C(=O)N[C@@H]2Cc3ccc(c(Cl)c3)Oc3cc4cc(c3O)Oc3ccc(cc3Cl)[C@@H](O)[C@@H]3NC(=O)[C@H](NC(=O)[C@@H]4NC(=O)[C@@H](NC2=O)c2cc(O)cc(c2)Oc2cc1ccc2O)c1ccc(O)c(c1)-c1c(O)cc(O)cc1[C@H](C(=O)OC(=O)c1ccccc1)NC3=O. The van der Waals surface area contributed by atoms with Gasteiger partial charge < -0.3 is 96.6 Å². The number of aliphatic hydroxyl groups is 1. The Morgan fingerprint density at radius 3 is 1.78 bits per heavy atom. The molecule has 0 saturated heterocycles. The first-order chi connectivity index (χ1) is 47.5. The second-order valence-electron chi connectivity index (χ2n) is 24.4. The van der Waals surface area contributed by atoms with Crippen molar-refractivity contribution in [3.8, 4) is 80.1 Å². The number of aromatic hydroxyl groups is 6. The number of phenols is 6. The fraction of sp³-hybridized carbons (Fsp3) is 0.186. The van der Waals surface area contributed by atoms with Crippen molar-refractivity contribution in [1.82, 2.24) is 37.2 Å². The van der Waals surface area contributed by atoms with Crippen LogP contribution in [-0.4, -0.2) is 107 Å². The van der Waals surface area contributed by atoms with Crippen molar-refractivity contribution in [1.29, 1.82) is 0 Å². The maximum absolute atomic E-state index is 16.0. The third kappa shape index (κ3) is 14.1. The number of aliphatic hydroxyl groups excluding tert-OH is 1. The molecule has 0 unspecified atom stereocenters. The van der Waals surface area contributed by atoms with Gasteiger partial charge in [-0.15, -0.1) is 0 Å². The van der Waals surface area contributed by atoms with E-state index < -0.39 is 177 Å². The van der Waals surface area contributed by atoms with Crippen molar-refractivity contribution in [2.75, 3.05) is 0 Å². The molecule has 8 aromatic rings. The van der Waals surface area contributed by atoms with Crippen LogP contribution in [-0.2, 0) is 49.5 Å². The molecule has 8 aromatic carbocycles. The Morgan fingerprint density at radius 1 is 0.520 bits per heavy atom. The number of carbonyl (C=O) groups excluding carboxylic acids is 9. The average molecular weight is 1400 g/mol. The zero-order valence-electron chi connectivity index (χ0n) is 52.3. The van der Waals surface area contributed by atoms with E-state index in [4.69, 9.17) is 46.9 Å². The Bertz CT molecular complexity index is 4760. The van der Waals surface area contributed by atoms with E-state index in [2.05, 4.69) is 37.2 Å². The molecule has 0 spiro atoms. The van der Waals surface area contributed by atoms with Crippen LogP contribution in [0, 0.1) is 0 Å². The number of benzene rings is 8. The molecule has 0 aliphatic carbocycles. The van der Waals surface area contributed by atoms with Crippen LogP contribution in [0.25, 0.3) is 11.1 Å². The lowest BCUT2D eigenvalue weighted by Crippen LogP contribution is -2.55. The van der Waals surface area contributed by atoms with Gasteiger partial charge in [-0.3, -0.25) is 28.8 Å². The standard InChI is InChI=1S/C70H57Cl2N7O21/c1-70(2,3)100-69(95)79-54-32-11-14-45(83)49(23-32)96-38-20-34(19-36(80)26-38)55-64(90)76-56-35-24-50(97-47-15-9-29(17-41(47)71)18-43(61(87)74-55)73-62(54)88)60(86)51(25-35)98-48-16-12-33(22-42(48)72)59(85)58-66(92)77-57(68(94)99-67(93)30-7-5-4-6-8-30)40-27-37(81)28-46(84)52(40)39-21-31(10-13-44(39)82)53(63(89)78-58)75-65(56)91/h4-17,19-28,43,53-59,80-86H,18H2,1-3H3,(H,73,88)(H,74,87)(H,75,91)(H,76,90)(H,77,92)(H,78,89)(H,79,95)/t43-,53-,54+,55+,56-,57-,58+,59-/m1/s1. The van der Waals surface area contributed by atoms with Crippen molar-refractivity contribution in [2.24, 2.45) is 0 Å². The molecule has 14 rings (SSSR count). The highest BCUT2D eigenvalue weighted by Crippen LogP contribution is 2.48. The first-order valence-corrected chi connectivity index (χ1v) is 31.1. The van der Waals surface area contributed by atoms with Crippen molar-refractivity contribution in [2.45, 2.75) is 81.2 Å². The Labute approximate surface area is 575 Å². The lowest BCUT2D eigenvalue weighted by molar-refractivity contribution is -0.144. The van der Waals surface area contributed by atoms with Gasteiger partial charge in [0.2, 0.25) is 41.2 Å². The molecule has 6 heterocycles. The Morgan fingerprint density at radius 2 is 1.11 bits per heavy atom. The minimum Gasteiger partial charge on any atom is -0.508 e. The molecule has 8 atom stereocenters. The molecular weight excluding hydrogens is 1350 g/mol. The highest BCUT2D eigenvalue weighted by atomic mass is 35.5. The maximum atomic E-state index is 16.0. The number of nitrogens with one attached hydrogen (secondary N) is 7. The van der Waals surface area contributed by atoms with Crippen molar-refractivity contribution >= 4 is 76.7 Å². The van der Waals surface area contributed by atoms with E-state index in [0.29, 0.717) is 0 Å². The maximum Gasteiger partial charge on any atom is 0.408 e. The van der Waals surface area contributed by atoms with Gasteiger partial charge in [0.25, 0.3) is 0 Å². The summed E-state index contributed by atoms with van der Waals surface area (Å²) in [5.74, 6) is -17.0. The fourth-order valence-corrected chi connectivity index (χ4v) is 12.0. The van der Waals surface area contributed by atoms with Crippen LogP contribution in [0.5, 0.6) is 69.0 Å². The van der Waals surface area contributed by atoms with E-state index in [1.54, 1.807) is 26.8 Å². The molecule has 17 bridgehead atoms. The van der Waals surface area contributed by atoms with Crippen molar-refractivity contribution < 1.29 is 103 Å². The zero-order valence-corrected chi connectivity index (χ0v) is 53.8. The second-order valence-corrected chi connectivity index (χ2v) is 25.3. The van der Waals surface area contributed by atoms with Crippen LogP contribution in [0.1, 0.15) is 106 Å². The number of halogens is 2. The molecular formula is C70H57Cl2N7O21. The molecule has 28 nitrogen and oxygen atoms in total. The van der Waals surface area contributed by atoms with E-state index in [1.165, 1.54) is 72.8 Å². The largest absolute Gasteiger partial charge is 0.508 e. The number of esters is 2. The van der Waals surface area contributed by atoms with Crippen LogP contribution in [0.4, 0.5) is 4.79 Å². The number of phenolic OH excluding ortho intramolecular Hbond substituents is 6. The molecule has 7 amide bonds. The minimum absolute atomic E-state index is 0.0160. The van der Waals surface area contributed by atoms with Crippen LogP contribution in [0.15, 0.2) is 146 Å². The average Bonchev–Trinajstić information content (AvgIpc) is 0.704. The summed E-state index contributed by atoms with van der Waals surface area (Å²) < 4.78 is 29.4. The van der Waals surface area contributed by atoms with Crippen LogP contribution >= 0.6 is 23.2 Å². The van der Waals surface area contributed by atoms with Gasteiger partial charge in [-0.1, -0.05) is 65.7 Å². The number of hydrogen-bond acceptors (Lipinski definition) is 21. The highest BCUT2D eigenvalue weighted by molar-refractivity contribution is 6.32. The highest BCUT2D eigenvalue weighted by Gasteiger charge is 2.42. The number of amides is 7. The van der Waals surface area contributed by atoms with Gasteiger partial charge in [-0.05, 0) is 145 Å². The van der Waals surface area contributed by atoms with Gasteiger partial charge in [0.05, 0.1) is 15.6 Å². The van der Waals surface area contributed by atoms with E-state index in [9.17, 15) is 54.9 Å². The summed E-state index contributed by atoms with van der Waals surface area (Å²) in [5.41, 5.74) is -3.75. The van der Waals surface area contributed by atoms with Gasteiger partial charge in [0.15, 0.2) is 29.0 Å². The summed E-state index contributed by atoms with van der Waals surface area (Å²) in [4.78, 5) is 134. The van der Waals surface area contributed by atoms with Crippen LogP contribution in [0.2, 0.25) is 10.0 Å². The molecule has 6 aliphatic heterocycles. The first-order valence-electron chi connectivity index (χ1n) is 30.4. The van der Waals surface area contributed by atoms with Gasteiger partial charge in [0.1, 0.15) is 88.2 Å². The van der Waals surface area contributed by atoms with Gasteiger partial charge >= 0.3 is 18.0 Å². The molecule has 14 N–H and O–H groups in total. The van der Waals surface area contributed by atoms with Gasteiger partial charge in [-0.25, -0.2) is 14.4 Å². The smallest absolute Gasteiger partial charge is 0.408 e. The molecule has 30 heteroatoms. The minimum atomic E-state index is -2.28. The molecule has 512 valence electrons. The lowest BCUT2D eigenvalue weighted by Gasteiger charge is -2.31. The van der Waals surface area contributed by atoms with Gasteiger partial charge in [-0.2, -0.15) is 0 Å². The van der Waals surface area contributed by atoms with Crippen molar-refractivity contribution in [3.63, 3.8) is 0 Å². The van der Waals surface area contributed by atoms with Crippen LogP contribution in [0.3, 0.4) is 0 Å². The number of fused-ring (bicyclic) bond motifs is 14. The first kappa shape index (κ1) is 67.7. The summed E-state index contributed by atoms with van der Waals surface area (Å²) in [5, 5.41) is 99.0. The molecule has 6 aliphatic rings. The van der Waals surface area contributed by atoms with E-state index in [0.717, 1.165) is 66.7 Å². The zero-order chi connectivity index (χ0) is 71.3. The molecule has 0 aromatic heterocycles. The molecule has 100 heavy (non-hydrogen) atoms. The third-order valence-corrected chi connectivity index (χ3v) is 16.8. The number of hydrogen-bond donors (Lipinski definition) is 14. The summed E-state index contributed by atoms with van der Waals surface area (Å²) in [6.07, 6.45) is -3.74. The summed E-state index contributed by atoms with van der Waals surface area (Å²) in [6, 6.07) is 14.0. The number of carbonyl (C=O) groups is 9. The number of ether oxygens (including phenoxy) is 5. The van der Waals surface area contributed by atoms with Gasteiger partial charge in [0, 0.05) is 35.2 Å². The number of rotatable bonds is 3. The van der Waals surface area contributed by atoms with E-state index >= 15 is 24.0 Å². The number of alkyl carbamates (subject to hydrolysis) is 1. The Hall–Kier alpha value is -12.3. The fourth-order valence-electron chi connectivity index (χ4n) is 11.6. The summed E-state index contributed by atoms with van der Waals surface area (Å²) in [6.45, 7) is 4.71. The molecule has 0 saturated carbocycles. The summed E-state index contributed by atoms with van der Waals surface area (Å²) >= 11 is 13.9. The second kappa shape index (κ2) is 27.0. The predicted molar refractivity (Wildman–Crippen MR) is 349 cm³/mol. The monoisotopic (exact) mass is 1400 g/mol. The Balaban J connectivity index is 1.05. The van der Waals surface area contributed by atoms with E-state index in [-0.39, 0.29) is 72.0 Å². The molecule has 0 radical (unpaired) electrons. The third-order valence-electron chi connectivity index (χ3n) is 16.3. The van der Waals surface area contributed by atoms with Crippen molar-refractivity contribution in [3.05, 3.63) is 200 Å². The quantitative estimate of drug-likeness (QED) is 0.0591. The van der Waals surface area contributed by atoms with E-state index in [1.807, 2.05) is 0 Å². The molecule has 0 fully saturated rings. The summed E-state index contributed by atoms with van der Waals surface area (Å²) in [7, 11) is 0. The topological polar surface area (TPSA) is 426 Å².